The Morgan fingerprint density at radius 2 is 1.75 bits per heavy atom. The van der Waals surface area contributed by atoms with Gasteiger partial charge in [-0.15, -0.1) is 0 Å². The number of aliphatic hydroxyl groups excluding tert-OH is 1. The summed E-state index contributed by atoms with van der Waals surface area (Å²) in [6, 6.07) is 8.96. The normalized spacial score (nSPS) is 12.1. The van der Waals surface area contributed by atoms with E-state index in [9.17, 15) is 9.50 Å². The Labute approximate surface area is 121 Å². The molecular formula is C15H14ClFO3. The predicted octanol–water partition coefficient (Wildman–Crippen LogP) is 3.58. The van der Waals surface area contributed by atoms with Gasteiger partial charge in [0.1, 0.15) is 11.9 Å². The fraction of sp³-hybridized carbons (Fsp3) is 0.200. The van der Waals surface area contributed by atoms with Crippen molar-refractivity contribution in [2.24, 2.45) is 0 Å². The highest BCUT2D eigenvalue weighted by molar-refractivity contribution is 6.30. The van der Waals surface area contributed by atoms with Crippen LogP contribution in [0.2, 0.25) is 5.02 Å². The van der Waals surface area contributed by atoms with Gasteiger partial charge in [-0.2, -0.15) is 0 Å². The highest BCUT2D eigenvalue weighted by atomic mass is 35.5. The molecule has 0 fully saturated rings. The summed E-state index contributed by atoms with van der Waals surface area (Å²) in [5, 5.41) is 10.6. The molecule has 0 amide bonds. The number of ether oxygens (including phenoxy) is 2. The summed E-state index contributed by atoms with van der Waals surface area (Å²) < 4.78 is 24.0. The van der Waals surface area contributed by atoms with E-state index in [-0.39, 0.29) is 5.56 Å². The number of methoxy groups -OCH3 is 2. The maximum absolute atomic E-state index is 13.8. The zero-order valence-electron chi connectivity index (χ0n) is 11.1. The number of benzene rings is 2. The molecule has 106 valence electrons. The van der Waals surface area contributed by atoms with Gasteiger partial charge in [0.25, 0.3) is 0 Å². The van der Waals surface area contributed by atoms with E-state index in [0.29, 0.717) is 22.1 Å². The van der Waals surface area contributed by atoms with Crippen molar-refractivity contribution in [1.29, 1.82) is 0 Å². The second-order valence-electron chi connectivity index (χ2n) is 4.18. The van der Waals surface area contributed by atoms with Gasteiger partial charge in [0, 0.05) is 10.6 Å². The van der Waals surface area contributed by atoms with Gasteiger partial charge in [-0.05, 0) is 35.9 Å². The minimum absolute atomic E-state index is 0.115. The van der Waals surface area contributed by atoms with Crippen LogP contribution in [0.4, 0.5) is 4.39 Å². The summed E-state index contributed by atoms with van der Waals surface area (Å²) in [6.07, 6.45) is -1.13. The van der Waals surface area contributed by atoms with Crippen molar-refractivity contribution < 1.29 is 19.0 Å². The molecule has 0 saturated heterocycles. The summed E-state index contributed by atoms with van der Waals surface area (Å²) in [6.45, 7) is 0. The highest BCUT2D eigenvalue weighted by Crippen LogP contribution is 2.33. The van der Waals surface area contributed by atoms with Gasteiger partial charge < -0.3 is 14.6 Å². The first-order valence-corrected chi connectivity index (χ1v) is 6.29. The third kappa shape index (κ3) is 2.86. The van der Waals surface area contributed by atoms with Crippen molar-refractivity contribution in [3.05, 3.63) is 58.4 Å². The Hall–Kier alpha value is -1.78. The zero-order chi connectivity index (χ0) is 14.7. The highest BCUT2D eigenvalue weighted by Gasteiger charge is 2.17. The lowest BCUT2D eigenvalue weighted by atomic mass is 10.0. The largest absolute Gasteiger partial charge is 0.493 e. The molecule has 0 aliphatic carbocycles. The van der Waals surface area contributed by atoms with Crippen molar-refractivity contribution in [2.45, 2.75) is 6.10 Å². The average molecular weight is 297 g/mol. The molecule has 1 N–H and O–H groups in total. The second-order valence-corrected chi connectivity index (χ2v) is 4.62. The molecule has 0 aliphatic heterocycles. The van der Waals surface area contributed by atoms with E-state index in [1.807, 2.05) is 0 Å². The molecule has 0 saturated carbocycles. The van der Waals surface area contributed by atoms with Crippen LogP contribution in [-0.4, -0.2) is 19.3 Å². The second kappa shape index (κ2) is 6.11. The number of hydrogen-bond donors (Lipinski definition) is 1. The zero-order valence-corrected chi connectivity index (χ0v) is 11.8. The Morgan fingerprint density at radius 1 is 1.05 bits per heavy atom. The summed E-state index contributed by atoms with van der Waals surface area (Å²) in [4.78, 5) is 0. The fourth-order valence-electron chi connectivity index (χ4n) is 1.93. The first kappa shape index (κ1) is 14.6. The molecule has 2 aromatic rings. The molecule has 2 aromatic carbocycles. The van der Waals surface area contributed by atoms with Crippen LogP contribution in [0.1, 0.15) is 17.2 Å². The van der Waals surface area contributed by atoms with E-state index in [0.717, 1.165) is 0 Å². The van der Waals surface area contributed by atoms with Crippen LogP contribution in [0.25, 0.3) is 0 Å². The Morgan fingerprint density at radius 3 is 2.40 bits per heavy atom. The lowest BCUT2D eigenvalue weighted by molar-refractivity contribution is 0.214. The van der Waals surface area contributed by atoms with Crippen LogP contribution in [0.15, 0.2) is 36.4 Å². The van der Waals surface area contributed by atoms with Gasteiger partial charge in [0.05, 0.1) is 14.2 Å². The van der Waals surface area contributed by atoms with Crippen LogP contribution >= 0.6 is 11.6 Å². The van der Waals surface area contributed by atoms with Crippen molar-refractivity contribution in [3.8, 4) is 11.5 Å². The molecule has 1 atom stereocenters. The van der Waals surface area contributed by atoms with Gasteiger partial charge in [-0.25, -0.2) is 4.39 Å². The predicted molar refractivity (Wildman–Crippen MR) is 75.0 cm³/mol. The van der Waals surface area contributed by atoms with E-state index in [1.165, 1.54) is 32.4 Å². The summed E-state index contributed by atoms with van der Waals surface area (Å²) in [7, 11) is 3.01. The first-order chi connectivity index (χ1) is 9.56. The van der Waals surface area contributed by atoms with Gasteiger partial charge in [0.2, 0.25) is 0 Å². The van der Waals surface area contributed by atoms with Crippen LogP contribution in [0.5, 0.6) is 11.5 Å². The molecule has 3 nitrogen and oxygen atoms in total. The average Bonchev–Trinajstić information content (AvgIpc) is 2.48. The van der Waals surface area contributed by atoms with E-state index >= 15 is 0 Å². The molecule has 0 bridgehead atoms. The minimum Gasteiger partial charge on any atom is -0.493 e. The standard InChI is InChI=1S/C15H14ClFO3/c1-19-13-6-3-9(7-14(13)20-2)15(18)11-8-10(16)4-5-12(11)17/h3-8,15,18H,1-2H3. The molecule has 0 aromatic heterocycles. The number of aliphatic hydroxyl groups is 1. The number of halogens is 2. The summed E-state index contributed by atoms with van der Waals surface area (Å²) in [5.41, 5.74) is 0.605. The van der Waals surface area contributed by atoms with Crippen LogP contribution in [0.3, 0.4) is 0 Å². The minimum atomic E-state index is -1.13. The van der Waals surface area contributed by atoms with Crippen molar-refractivity contribution in [1.82, 2.24) is 0 Å². The van der Waals surface area contributed by atoms with Crippen molar-refractivity contribution in [2.75, 3.05) is 14.2 Å². The lowest BCUT2D eigenvalue weighted by Crippen LogP contribution is -2.03. The number of hydrogen-bond acceptors (Lipinski definition) is 3. The molecule has 5 heteroatoms. The molecular weight excluding hydrogens is 283 g/mol. The molecule has 0 radical (unpaired) electrons. The van der Waals surface area contributed by atoms with Crippen molar-refractivity contribution >= 4 is 11.6 Å². The molecule has 0 aliphatic rings. The molecule has 2 rings (SSSR count). The quantitative estimate of drug-likeness (QED) is 0.937. The van der Waals surface area contributed by atoms with Crippen LogP contribution < -0.4 is 9.47 Å². The molecule has 0 spiro atoms. The van der Waals surface area contributed by atoms with E-state index in [4.69, 9.17) is 21.1 Å². The van der Waals surface area contributed by atoms with Gasteiger partial charge in [-0.1, -0.05) is 17.7 Å². The van der Waals surface area contributed by atoms with Gasteiger partial charge in [0.15, 0.2) is 11.5 Å². The van der Waals surface area contributed by atoms with E-state index in [1.54, 1.807) is 18.2 Å². The SMILES string of the molecule is COc1ccc(C(O)c2cc(Cl)ccc2F)cc1OC. The lowest BCUT2D eigenvalue weighted by Gasteiger charge is -2.15. The van der Waals surface area contributed by atoms with E-state index < -0.39 is 11.9 Å². The topological polar surface area (TPSA) is 38.7 Å². The number of rotatable bonds is 4. The maximum atomic E-state index is 13.8. The van der Waals surface area contributed by atoms with Gasteiger partial charge in [-0.3, -0.25) is 0 Å². The first-order valence-electron chi connectivity index (χ1n) is 5.91. The van der Waals surface area contributed by atoms with Crippen LogP contribution in [0, 0.1) is 5.82 Å². The van der Waals surface area contributed by atoms with E-state index in [2.05, 4.69) is 0 Å². The maximum Gasteiger partial charge on any atom is 0.161 e. The van der Waals surface area contributed by atoms with Gasteiger partial charge >= 0.3 is 0 Å². The third-order valence-electron chi connectivity index (χ3n) is 2.98. The molecule has 1 unspecified atom stereocenters. The van der Waals surface area contributed by atoms with Crippen LogP contribution in [-0.2, 0) is 0 Å². The Kier molecular flexibility index (Phi) is 4.47. The fourth-order valence-corrected chi connectivity index (χ4v) is 2.11. The molecule has 20 heavy (non-hydrogen) atoms. The summed E-state index contributed by atoms with van der Waals surface area (Å²) in [5.74, 6) is 0.484. The Balaban J connectivity index is 2.42. The third-order valence-corrected chi connectivity index (χ3v) is 3.21. The molecule has 0 heterocycles. The smallest absolute Gasteiger partial charge is 0.161 e. The van der Waals surface area contributed by atoms with Crippen molar-refractivity contribution in [3.63, 3.8) is 0 Å². The summed E-state index contributed by atoms with van der Waals surface area (Å²) >= 11 is 5.83. The monoisotopic (exact) mass is 296 g/mol. The Bertz CT molecular complexity index is 616.